The van der Waals surface area contributed by atoms with Gasteiger partial charge in [0.2, 0.25) is 23.6 Å². The number of benzene rings is 1. The van der Waals surface area contributed by atoms with E-state index in [0.717, 1.165) is 17.0 Å². The van der Waals surface area contributed by atoms with Crippen molar-refractivity contribution in [2.75, 3.05) is 40.3 Å². The highest BCUT2D eigenvalue weighted by molar-refractivity contribution is 5.99. The largest absolute Gasteiger partial charge is 0.491 e. The molecule has 1 aromatic rings. The van der Waals surface area contributed by atoms with Gasteiger partial charge in [-0.3, -0.25) is 28.8 Å². The van der Waals surface area contributed by atoms with Crippen LogP contribution in [0.15, 0.2) is 18.2 Å². The molecule has 13 nitrogen and oxygen atoms in total. The van der Waals surface area contributed by atoms with Crippen LogP contribution in [0, 0.1) is 5.82 Å². The topological polar surface area (TPSA) is 166 Å². The highest BCUT2D eigenvalue weighted by atomic mass is 19.1. The predicted molar refractivity (Wildman–Crippen MR) is 138 cm³/mol. The molecule has 3 atom stereocenters. The number of nitrogens with zero attached hydrogens (tertiary/aromatic N) is 3. The number of likely N-dealkylation sites (N-methyl/N-ethyl adjacent to an activating group) is 2. The number of rotatable bonds is 5. The minimum absolute atomic E-state index is 0.0294. The molecule has 0 aliphatic carbocycles. The number of fused-ring (bicyclic) bond motifs is 2. The average Bonchev–Trinajstić information content (AvgIpc) is 3.28. The quantitative estimate of drug-likeness (QED) is 0.435. The van der Waals surface area contributed by atoms with Gasteiger partial charge >= 0.3 is 5.97 Å². The molecule has 0 saturated carbocycles. The van der Waals surface area contributed by atoms with Crippen molar-refractivity contribution in [3.8, 4) is 5.75 Å². The zero-order chi connectivity index (χ0) is 29.6. The van der Waals surface area contributed by atoms with Crippen molar-refractivity contribution in [1.29, 1.82) is 0 Å². The SMILES string of the molecule is CC(=O)N[C@H]1C[C@H]2COc3ccc(F)cc3C(=O)N(C)[C@H](C(=O)NCCC(=O)O)CCC(=O)N(C)CC(=O)N2C1. The molecule has 0 aromatic heterocycles. The molecule has 14 heteroatoms. The summed E-state index contributed by atoms with van der Waals surface area (Å²) < 4.78 is 20.2. The lowest BCUT2D eigenvalue weighted by Crippen LogP contribution is -2.49. The minimum Gasteiger partial charge on any atom is -0.491 e. The average molecular weight is 564 g/mol. The number of aliphatic carboxylic acids is 1. The Morgan fingerprint density at radius 2 is 1.88 bits per heavy atom. The molecule has 218 valence electrons. The molecule has 0 spiro atoms. The van der Waals surface area contributed by atoms with Crippen molar-refractivity contribution in [3.63, 3.8) is 0 Å². The van der Waals surface area contributed by atoms with Crippen LogP contribution in [0.5, 0.6) is 5.75 Å². The summed E-state index contributed by atoms with van der Waals surface area (Å²) in [6.07, 6.45) is -0.321. The van der Waals surface area contributed by atoms with Crippen molar-refractivity contribution < 1.29 is 43.0 Å². The number of nitrogens with one attached hydrogen (secondary N) is 2. The smallest absolute Gasteiger partial charge is 0.305 e. The number of carbonyl (C=O) groups is 6. The van der Waals surface area contributed by atoms with Crippen molar-refractivity contribution >= 4 is 35.5 Å². The first-order valence-electron chi connectivity index (χ1n) is 12.9. The van der Waals surface area contributed by atoms with E-state index < -0.39 is 41.6 Å². The summed E-state index contributed by atoms with van der Waals surface area (Å²) in [5.74, 6) is -4.34. The third kappa shape index (κ3) is 7.67. The fraction of sp³-hybridized carbons (Fsp3) is 0.538. The summed E-state index contributed by atoms with van der Waals surface area (Å²) in [4.78, 5) is 78.9. The van der Waals surface area contributed by atoms with Crippen LogP contribution in [0.2, 0.25) is 0 Å². The second kappa shape index (κ2) is 13.2. The zero-order valence-corrected chi connectivity index (χ0v) is 22.6. The maximum atomic E-state index is 14.3. The summed E-state index contributed by atoms with van der Waals surface area (Å²) >= 11 is 0. The van der Waals surface area contributed by atoms with Crippen molar-refractivity contribution in [3.05, 3.63) is 29.6 Å². The van der Waals surface area contributed by atoms with E-state index >= 15 is 0 Å². The Labute approximate surface area is 230 Å². The monoisotopic (exact) mass is 563 g/mol. The van der Waals surface area contributed by atoms with E-state index in [4.69, 9.17) is 9.84 Å². The summed E-state index contributed by atoms with van der Waals surface area (Å²) in [5.41, 5.74) is -0.168. The number of halogens is 1. The van der Waals surface area contributed by atoms with Crippen LogP contribution in [-0.4, -0.2) is 114 Å². The van der Waals surface area contributed by atoms with Crippen LogP contribution in [-0.2, 0) is 24.0 Å². The Bertz CT molecular complexity index is 1180. The van der Waals surface area contributed by atoms with Crippen LogP contribution >= 0.6 is 0 Å². The van der Waals surface area contributed by atoms with Gasteiger partial charge in [0.15, 0.2) is 0 Å². The molecular formula is C26H34FN5O8. The van der Waals surface area contributed by atoms with Crippen molar-refractivity contribution in [2.45, 2.75) is 50.7 Å². The van der Waals surface area contributed by atoms with Crippen molar-refractivity contribution in [2.24, 2.45) is 0 Å². The summed E-state index contributed by atoms with van der Waals surface area (Å²) in [7, 11) is 2.77. The van der Waals surface area contributed by atoms with Crippen LogP contribution in [0.4, 0.5) is 4.39 Å². The molecule has 1 saturated heterocycles. The number of carbonyl (C=O) groups excluding carboxylic acids is 5. The molecule has 2 heterocycles. The number of hydrogen-bond acceptors (Lipinski definition) is 7. The molecule has 2 aliphatic heterocycles. The maximum Gasteiger partial charge on any atom is 0.305 e. The number of ether oxygens (including phenoxy) is 1. The second-order valence-electron chi connectivity index (χ2n) is 9.94. The van der Waals surface area contributed by atoms with E-state index in [1.807, 2.05) is 0 Å². The Morgan fingerprint density at radius 3 is 2.55 bits per heavy atom. The number of carboxylic acid groups (broad SMARTS) is 1. The Hall–Kier alpha value is -4.23. The van der Waals surface area contributed by atoms with Crippen LogP contribution in [0.1, 0.15) is 43.0 Å². The number of amides is 5. The highest BCUT2D eigenvalue weighted by Crippen LogP contribution is 2.26. The van der Waals surface area contributed by atoms with Gasteiger partial charge in [0.1, 0.15) is 24.2 Å². The van der Waals surface area contributed by atoms with Gasteiger partial charge in [0.05, 0.1) is 24.6 Å². The molecule has 1 fully saturated rings. The van der Waals surface area contributed by atoms with Gasteiger partial charge in [-0.25, -0.2) is 4.39 Å². The van der Waals surface area contributed by atoms with Gasteiger partial charge < -0.3 is 35.2 Å². The first kappa shape index (κ1) is 30.3. The van der Waals surface area contributed by atoms with E-state index in [0.29, 0.717) is 6.42 Å². The molecule has 5 amide bonds. The Morgan fingerprint density at radius 1 is 1.15 bits per heavy atom. The first-order valence-corrected chi connectivity index (χ1v) is 12.9. The van der Waals surface area contributed by atoms with Gasteiger partial charge in [-0.05, 0) is 31.0 Å². The summed E-state index contributed by atoms with van der Waals surface area (Å²) in [6, 6.07) is 1.33. The van der Waals surface area contributed by atoms with Gasteiger partial charge in [-0.15, -0.1) is 0 Å². The fourth-order valence-corrected chi connectivity index (χ4v) is 4.83. The molecule has 3 rings (SSSR count). The summed E-state index contributed by atoms with van der Waals surface area (Å²) in [5, 5.41) is 14.1. The molecule has 1 aromatic carbocycles. The van der Waals surface area contributed by atoms with E-state index in [1.54, 1.807) is 0 Å². The fourth-order valence-electron chi connectivity index (χ4n) is 4.83. The third-order valence-corrected chi connectivity index (χ3v) is 6.90. The Kier molecular flexibility index (Phi) is 10.0. The third-order valence-electron chi connectivity index (χ3n) is 6.90. The van der Waals surface area contributed by atoms with E-state index in [-0.39, 0.29) is 74.7 Å². The molecule has 2 aliphatic rings. The molecule has 3 N–H and O–H groups in total. The number of carboxylic acids is 1. The normalized spacial score (nSPS) is 22.4. The van der Waals surface area contributed by atoms with E-state index in [9.17, 15) is 33.2 Å². The van der Waals surface area contributed by atoms with Gasteiger partial charge in [0, 0.05) is 46.6 Å². The lowest BCUT2D eigenvalue weighted by molar-refractivity contribution is -0.140. The molecular weight excluding hydrogens is 529 g/mol. The summed E-state index contributed by atoms with van der Waals surface area (Å²) in [6.45, 7) is 1.04. The van der Waals surface area contributed by atoms with Gasteiger partial charge in [0.25, 0.3) is 5.91 Å². The lowest BCUT2D eigenvalue weighted by Gasteiger charge is -2.28. The zero-order valence-electron chi connectivity index (χ0n) is 22.6. The predicted octanol–water partition coefficient (Wildman–Crippen LogP) is -0.406. The molecule has 40 heavy (non-hydrogen) atoms. The van der Waals surface area contributed by atoms with Crippen molar-refractivity contribution in [1.82, 2.24) is 25.3 Å². The van der Waals surface area contributed by atoms with Gasteiger partial charge in [-0.2, -0.15) is 0 Å². The highest BCUT2D eigenvalue weighted by Gasteiger charge is 2.38. The van der Waals surface area contributed by atoms with Crippen LogP contribution in [0.25, 0.3) is 0 Å². The maximum absolute atomic E-state index is 14.3. The number of hydrogen-bond donors (Lipinski definition) is 3. The van der Waals surface area contributed by atoms with Crippen LogP contribution in [0.3, 0.4) is 0 Å². The Balaban J connectivity index is 1.95. The standard InChI is InChI=1S/C26H34FN5O8/c1-15(33)29-17-11-18-14-40-21-6-4-16(27)10-19(21)26(39)31(3)20(25(38)28-9-8-24(36)37)5-7-22(34)30(2)13-23(35)32(18)12-17/h4,6,10,17-18,20H,5,7-9,11-14H2,1-3H3,(H,28,38)(H,29,33)(H,36,37)/t17-,18-,20-/m0/s1. The van der Waals surface area contributed by atoms with E-state index in [2.05, 4.69) is 10.6 Å². The van der Waals surface area contributed by atoms with Crippen LogP contribution < -0.4 is 15.4 Å². The second-order valence-corrected chi connectivity index (χ2v) is 9.94. The molecule has 0 unspecified atom stereocenters. The molecule has 0 bridgehead atoms. The van der Waals surface area contributed by atoms with Gasteiger partial charge in [-0.1, -0.05) is 0 Å². The lowest BCUT2D eigenvalue weighted by atomic mass is 10.1. The molecule has 0 radical (unpaired) electrons. The van der Waals surface area contributed by atoms with E-state index in [1.165, 1.54) is 36.9 Å². The first-order chi connectivity index (χ1) is 18.9. The minimum atomic E-state index is -1.20.